The van der Waals surface area contributed by atoms with Crippen LogP contribution in [-0.2, 0) is 36.8 Å². The molecule has 10 heteroatoms. The quantitative estimate of drug-likeness (QED) is 0.189. The van der Waals surface area contributed by atoms with Crippen molar-refractivity contribution in [2.45, 2.75) is 31.2 Å². The van der Waals surface area contributed by atoms with Crippen molar-refractivity contribution < 1.29 is 33.7 Å². The molecule has 4 aromatic rings. The van der Waals surface area contributed by atoms with E-state index in [-0.39, 0.29) is 13.2 Å². The fourth-order valence-corrected chi connectivity index (χ4v) is 4.95. The minimum atomic E-state index is -1.32. The van der Waals surface area contributed by atoms with E-state index in [9.17, 15) is 19.5 Å². The van der Waals surface area contributed by atoms with Gasteiger partial charge in [-0.25, -0.2) is 4.79 Å². The van der Waals surface area contributed by atoms with Crippen molar-refractivity contribution in [3.05, 3.63) is 114 Å². The molecule has 0 bridgehead atoms. The number of carboxylic acids is 1. The van der Waals surface area contributed by atoms with E-state index in [4.69, 9.17) is 14.2 Å². The van der Waals surface area contributed by atoms with Crippen molar-refractivity contribution in [2.24, 2.45) is 0 Å². The molecule has 1 fully saturated rings. The lowest BCUT2D eigenvalue weighted by atomic mass is 10.0. The summed E-state index contributed by atoms with van der Waals surface area (Å²) in [5, 5.41) is 18.5. The van der Waals surface area contributed by atoms with Gasteiger partial charge in [-0.1, -0.05) is 78.9 Å². The number of hydrogen-bond acceptors (Lipinski definition) is 7. The summed E-state index contributed by atoms with van der Waals surface area (Å²) in [6.45, 7) is 0.269. The molecule has 1 heterocycles. The topological polar surface area (TPSA) is 135 Å². The van der Waals surface area contributed by atoms with E-state index >= 15 is 0 Å². The first kappa shape index (κ1) is 30.3. The molecule has 2 amide bonds. The largest absolute Gasteiger partial charge is 0.496 e. The number of nitrogens with one attached hydrogen (secondary N) is 3. The second kappa shape index (κ2) is 14.3. The zero-order valence-electron chi connectivity index (χ0n) is 24.1. The second-order valence-corrected chi connectivity index (χ2v) is 10.2. The standard InChI is InChI=1S/C34H33N3O7/c1-42-29-14-8-5-11-24(29)20-35-25-17-15-22(16-18-25)19-28(34(40)41)37-33(39)31-30(43-21-44-31)32(38)36-27-13-7-6-12-26(27)23-9-3-2-4-10-23/h2-18,28,30-31,35H,19-21H2,1H3,(H,36,38)(H,37,39)(H,40,41)/t28?,30-,31-/m1/s1. The third-order valence-corrected chi connectivity index (χ3v) is 7.24. The van der Waals surface area contributed by atoms with Crippen molar-refractivity contribution in [2.75, 3.05) is 24.5 Å². The predicted molar refractivity (Wildman–Crippen MR) is 165 cm³/mol. The van der Waals surface area contributed by atoms with Crippen LogP contribution < -0.4 is 20.7 Å². The molecule has 4 N–H and O–H groups in total. The molecular weight excluding hydrogens is 562 g/mol. The first-order valence-corrected chi connectivity index (χ1v) is 14.1. The Hall–Kier alpha value is -5.19. The van der Waals surface area contributed by atoms with Crippen LogP contribution in [-0.4, -0.2) is 55.0 Å². The van der Waals surface area contributed by atoms with E-state index in [0.717, 1.165) is 28.1 Å². The highest BCUT2D eigenvalue weighted by atomic mass is 16.7. The van der Waals surface area contributed by atoms with Gasteiger partial charge in [0.25, 0.3) is 11.8 Å². The Morgan fingerprint density at radius 2 is 1.50 bits per heavy atom. The third-order valence-electron chi connectivity index (χ3n) is 7.24. The molecule has 1 unspecified atom stereocenters. The molecule has 1 saturated heterocycles. The van der Waals surface area contributed by atoms with Crippen LogP contribution in [0.4, 0.5) is 11.4 Å². The number of carboxylic acid groups (broad SMARTS) is 1. The molecule has 0 saturated carbocycles. The number of ether oxygens (including phenoxy) is 3. The predicted octanol–water partition coefficient (Wildman–Crippen LogP) is 4.47. The average molecular weight is 596 g/mol. The molecule has 10 nitrogen and oxygen atoms in total. The monoisotopic (exact) mass is 595 g/mol. The summed E-state index contributed by atoms with van der Waals surface area (Å²) in [5.74, 6) is -1.76. The Balaban J connectivity index is 1.19. The highest BCUT2D eigenvalue weighted by Gasteiger charge is 2.42. The zero-order chi connectivity index (χ0) is 30.9. The minimum Gasteiger partial charge on any atom is -0.496 e. The van der Waals surface area contributed by atoms with E-state index in [0.29, 0.717) is 17.8 Å². The number of hydrogen-bond donors (Lipinski definition) is 4. The Labute approximate surface area is 255 Å². The first-order valence-electron chi connectivity index (χ1n) is 14.1. The second-order valence-electron chi connectivity index (χ2n) is 10.2. The van der Waals surface area contributed by atoms with E-state index < -0.39 is 36.0 Å². The summed E-state index contributed by atoms with van der Waals surface area (Å²) < 4.78 is 16.3. The van der Waals surface area contributed by atoms with Crippen molar-refractivity contribution >= 4 is 29.2 Å². The van der Waals surface area contributed by atoms with Gasteiger partial charge in [0, 0.05) is 35.5 Å². The molecule has 44 heavy (non-hydrogen) atoms. The first-order chi connectivity index (χ1) is 21.4. The molecule has 4 aromatic carbocycles. The van der Waals surface area contributed by atoms with E-state index in [2.05, 4.69) is 16.0 Å². The maximum absolute atomic E-state index is 13.2. The minimum absolute atomic E-state index is 0.0305. The maximum Gasteiger partial charge on any atom is 0.326 e. The fourth-order valence-electron chi connectivity index (χ4n) is 4.95. The maximum atomic E-state index is 13.2. The van der Waals surface area contributed by atoms with Crippen LogP contribution in [0.3, 0.4) is 0 Å². The van der Waals surface area contributed by atoms with Crippen molar-refractivity contribution in [1.82, 2.24) is 5.32 Å². The number of para-hydroxylation sites is 2. The van der Waals surface area contributed by atoms with Crippen LogP contribution in [0.15, 0.2) is 103 Å². The van der Waals surface area contributed by atoms with Gasteiger partial charge in [0.2, 0.25) is 0 Å². The molecule has 1 aliphatic heterocycles. The number of carbonyl (C=O) groups is 3. The van der Waals surface area contributed by atoms with Gasteiger partial charge in [-0.15, -0.1) is 0 Å². The Bertz CT molecular complexity index is 1590. The highest BCUT2D eigenvalue weighted by Crippen LogP contribution is 2.28. The molecule has 0 aromatic heterocycles. The van der Waals surface area contributed by atoms with Crippen LogP contribution in [0.5, 0.6) is 5.75 Å². The van der Waals surface area contributed by atoms with Gasteiger partial charge < -0.3 is 35.3 Å². The number of methoxy groups -OCH3 is 1. The molecular formula is C34H33N3O7. The van der Waals surface area contributed by atoms with Crippen molar-refractivity contribution in [1.29, 1.82) is 0 Å². The summed E-state index contributed by atoms with van der Waals surface area (Å²) in [5.41, 5.74) is 4.80. The lowest BCUT2D eigenvalue weighted by Crippen LogP contribution is -2.51. The smallest absolute Gasteiger partial charge is 0.326 e. The normalized spacial score (nSPS) is 16.5. The molecule has 3 atom stereocenters. The number of aliphatic carboxylic acids is 1. The Morgan fingerprint density at radius 3 is 2.23 bits per heavy atom. The van der Waals surface area contributed by atoms with E-state index in [1.54, 1.807) is 31.4 Å². The fraction of sp³-hybridized carbons (Fsp3) is 0.206. The van der Waals surface area contributed by atoms with Crippen molar-refractivity contribution in [3.63, 3.8) is 0 Å². The van der Waals surface area contributed by atoms with E-state index in [1.807, 2.05) is 78.9 Å². The van der Waals surface area contributed by atoms with Crippen LogP contribution in [0.1, 0.15) is 11.1 Å². The highest BCUT2D eigenvalue weighted by molar-refractivity contribution is 6.01. The van der Waals surface area contributed by atoms with Gasteiger partial charge in [-0.3, -0.25) is 9.59 Å². The number of rotatable bonds is 12. The number of carbonyl (C=O) groups excluding carboxylic acids is 2. The average Bonchev–Trinajstić information content (AvgIpc) is 3.55. The zero-order valence-corrected chi connectivity index (χ0v) is 24.1. The summed E-state index contributed by atoms with van der Waals surface area (Å²) in [4.78, 5) is 38.4. The van der Waals surface area contributed by atoms with Crippen LogP contribution in [0.25, 0.3) is 11.1 Å². The molecule has 0 spiro atoms. The Kier molecular flexibility index (Phi) is 9.85. The van der Waals surface area contributed by atoms with Gasteiger partial charge >= 0.3 is 5.97 Å². The van der Waals surface area contributed by atoms with Crippen LogP contribution in [0.2, 0.25) is 0 Å². The number of anilines is 2. The molecule has 226 valence electrons. The van der Waals surface area contributed by atoms with Crippen LogP contribution in [0, 0.1) is 0 Å². The van der Waals surface area contributed by atoms with Crippen molar-refractivity contribution in [3.8, 4) is 16.9 Å². The third kappa shape index (κ3) is 7.41. The van der Waals surface area contributed by atoms with Crippen LogP contribution >= 0.6 is 0 Å². The van der Waals surface area contributed by atoms with E-state index in [1.165, 1.54) is 0 Å². The summed E-state index contributed by atoms with van der Waals surface area (Å²) >= 11 is 0. The summed E-state index contributed by atoms with van der Waals surface area (Å²) in [6.07, 6.45) is -2.55. The summed E-state index contributed by atoms with van der Waals surface area (Å²) in [7, 11) is 1.62. The number of benzene rings is 4. The number of amides is 2. The molecule has 0 radical (unpaired) electrons. The lowest BCUT2D eigenvalue weighted by molar-refractivity contribution is -0.144. The van der Waals surface area contributed by atoms with Gasteiger partial charge in [-0.2, -0.15) is 0 Å². The molecule has 1 aliphatic rings. The SMILES string of the molecule is COc1ccccc1CNc1ccc(CC(NC(=O)[C@@H]2OCO[C@H]2C(=O)Nc2ccccc2-c2ccccc2)C(=O)O)cc1. The molecule has 0 aliphatic carbocycles. The molecule has 5 rings (SSSR count). The summed E-state index contributed by atoms with van der Waals surface area (Å²) in [6, 6.07) is 30.6. The Morgan fingerprint density at radius 1 is 0.841 bits per heavy atom. The van der Waals surface area contributed by atoms with Gasteiger partial charge in [0.1, 0.15) is 18.6 Å². The van der Waals surface area contributed by atoms with Gasteiger partial charge in [0.05, 0.1) is 7.11 Å². The van der Waals surface area contributed by atoms with Gasteiger partial charge in [0.15, 0.2) is 12.2 Å². The lowest BCUT2D eigenvalue weighted by Gasteiger charge is -2.20. The van der Waals surface area contributed by atoms with Gasteiger partial charge in [-0.05, 0) is 35.4 Å².